The number of nitrogens with zero attached hydrogens (tertiary/aromatic N) is 1. The molecule has 6 nitrogen and oxygen atoms in total. The number of ether oxygens (including phenoxy) is 1. The van der Waals surface area contributed by atoms with Crippen LogP contribution >= 0.6 is 0 Å². The molecule has 0 radical (unpaired) electrons. The molecular formula is C15H17NO5S. The van der Waals surface area contributed by atoms with Gasteiger partial charge < -0.3 is 9.29 Å². The van der Waals surface area contributed by atoms with Crippen LogP contribution in [0.25, 0.3) is 0 Å². The lowest BCUT2D eigenvalue weighted by Gasteiger charge is -2.01. The molecule has 118 valence electrons. The van der Waals surface area contributed by atoms with Crippen molar-refractivity contribution < 1.29 is 27.1 Å². The van der Waals surface area contributed by atoms with E-state index in [-0.39, 0.29) is 12.7 Å². The second kappa shape index (κ2) is 8.91. The van der Waals surface area contributed by atoms with Crippen molar-refractivity contribution in [1.29, 1.82) is 0 Å². The quantitative estimate of drug-likeness (QED) is 0.473. The van der Waals surface area contributed by atoms with Crippen molar-refractivity contribution in [3.05, 3.63) is 66.5 Å². The van der Waals surface area contributed by atoms with Gasteiger partial charge in [0.15, 0.2) is 12.4 Å². The fourth-order valence-electron chi connectivity index (χ4n) is 1.48. The fraction of sp³-hybridized carbons (Fsp3) is 0.200. The summed E-state index contributed by atoms with van der Waals surface area (Å²) in [5.74, 6) is -0.215. The van der Waals surface area contributed by atoms with E-state index in [1.54, 1.807) is 0 Å². The molecule has 1 aromatic heterocycles. The van der Waals surface area contributed by atoms with E-state index in [2.05, 4.69) is 0 Å². The first-order valence-electron chi connectivity index (χ1n) is 6.39. The Balaban J connectivity index is 0.000000422. The predicted octanol–water partition coefficient (Wildman–Crippen LogP) is 0.879. The van der Waals surface area contributed by atoms with Crippen molar-refractivity contribution in [3.63, 3.8) is 0 Å². The molecule has 0 fully saturated rings. The summed E-state index contributed by atoms with van der Waals surface area (Å²) in [5, 5.41) is 0. The van der Waals surface area contributed by atoms with Gasteiger partial charge in [0.05, 0.1) is 16.5 Å². The molecule has 0 aliphatic rings. The third-order valence-electron chi connectivity index (χ3n) is 2.34. The van der Waals surface area contributed by atoms with Crippen LogP contribution in [0.5, 0.6) is 0 Å². The molecule has 0 atom stereocenters. The molecule has 0 unspecified atom stereocenters. The number of pyridine rings is 1. The number of hydrogen-bond donors (Lipinski definition) is 0. The van der Waals surface area contributed by atoms with Crippen LogP contribution in [0.4, 0.5) is 0 Å². The highest BCUT2D eigenvalue weighted by Crippen LogP contribution is 2.00. The lowest BCUT2D eigenvalue weighted by Crippen LogP contribution is -2.35. The lowest BCUT2D eigenvalue weighted by molar-refractivity contribution is -0.727. The molecule has 0 amide bonds. The van der Waals surface area contributed by atoms with E-state index in [0.29, 0.717) is 12.7 Å². The van der Waals surface area contributed by atoms with Crippen LogP contribution in [0, 0.1) is 0 Å². The van der Waals surface area contributed by atoms with E-state index < -0.39 is 10.1 Å². The Kier molecular flexibility index (Phi) is 7.21. The predicted molar refractivity (Wildman–Crippen MR) is 78.5 cm³/mol. The minimum atomic E-state index is -3.92. The van der Waals surface area contributed by atoms with Crippen molar-refractivity contribution in [3.8, 4) is 0 Å². The van der Waals surface area contributed by atoms with Crippen LogP contribution in [0.2, 0.25) is 0 Å². The highest BCUT2D eigenvalue weighted by molar-refractivity contribution is 7.84. The summed E-state index contributed by atoms with van der Waals surface area (Å²) in [6, 6.07) is 15.3. The van der Waals surface area contributed by atoms with Crippen LogP contribution < -0.4 is 4.57 Å². The standard InChI is InChI=1S/C14H14NO2.CH4O3S/c16-14(11-13-7-3-1-4-8-13)17-12-15-9-5-2-6-10-15;1-5(2,3)4/h1-10H,11-12H2;1H3,(H,2,3,4)/q+1;/p-1. The van der Waals surface area contributed by atoms with Crippen molar-refractivity contribution in [2.24, 2.45) is 0 Å². The number of carbonyl (C=O) groups is 1. The molecular weight excluding hydrogens is 306 g/mol. The lowest BCUT2D eigenvalue weighted by atomic mass is 10.2. The molecule has 1 heterocycles. The summed E-state index contributed by atoms with van der Waals surface area (Å²) >= 11 is 0. The van der Waals surface area contributed by atoms with E-state index >= 15 is 0 Å². The Labute approximate surface area is 129 Å². The minimum Gasteiger partial charge on any atom is -0.748 e. The van der Waals surface area contributed by atoms with Gasteiger partial charge in [-0.05, 0) is 5.56 Å². The molecule has 0 saturated heterocycles. The zero-order valence-electron chi connectivity index (χ0n) is 12.1. The van der Waals surface area contributed by atoms with E-state index in [9.17, 15) is 4.79 Å². The van der Waals surface area contributed by atoms with Crippen molar-refractivity contribution in [2.45, 2.75) is 13.2 Å². The van der Waals surface area contributed by atoms with Gasteiger partial charge in [0.2, 0.25) is 0 Å². The smallest absolute Gasteiger partial charge is 0.315 e. The van der Waals surface area contributed by atoms with Crippen molar-refractivity contribution in [1.82, 2.24) is 0 Å². The van der Waals surface area contributed by atoms with Gasteiger partial charge in [0.25, 0.3) is 6.73 Å². The monoisotopic (exact) mass is 323 g/mol. The maximum absolute atomic E-state index is 11.6. The maximum atomic E-state index is 11.6. The number of rotatable bonds is 4. The van der Waals surface area contributed by atoms with Crippen LogP contribution in [0.15, 0.2) is 60.9 Å². The van der Waals surface area contributed by atoms with Crippen molar-refractivity contribution in [2.75, 3.05) is 6.26 Å². The Hall–Kier alpha value is -2.25. The molecule has 0 N–H and O–H groups in total. The van der Waals surface area contributed by atoms with Gasteiger partial charge >= 0.3 is 5.97 Å². The summed E-state index contributed by atoms with van der Waals surface area (Å²) in [7, 11) is -3.92. The van der Waals surface area contributed by atoms with Gasteiger partial charge in [-0.1, -0.05) is 36.4 Å². The summed E-state index contributed by atoms with van der Waals surface area (Å²) in [6.07, 6.45) is 4.63. The average Bonchev–Trinajstić information content (AvgIpc) is 2.46. The maximum Gasteiger partial charge on any atom is 0.315 e. The van der Waals surface area contributed by atoms with Crippen LogP contribution in [-0.4, -0.2) is 25.2 Å². The molecule has 2 rings (SSSR count). The van der Waals surface area contributed by atoms with Gasteiger partial charge in [-0.25, -0.2) is 8.42 Å². The SMILES string of the molecule is CS(=O)(=O)[O-].O=C(Cc1ccccc1)OC[n+]1ccccc1. The van der Waals surface area contributed by atoms with Crippen LogP contribution in [-0.2, 0) is 32.8 Å². The first-order chi connectivity index (χ1) is 10.3. The van der Waals surface area contributed by atoms with E-state index in [0.717, 1.165) is 5.56 Å². The van der Waals surface area contributed by atoms with Gasteiger partial charge in [-0.3, -0.25) is 4.79 Å². The number of hydrogen-bond acceptors (Lipinski definition) is 5. The molecule has 2 aromatic rings. The third kappa shape index (κ3) is 9.62. The third-order valence-corrected chi connectivity index (χ3v) is 2.34. The summed E-state index contributed by atoms with van der Waals surface area (Å²) < 4.78 is 34.2. The average molecular weight is 323 g/mol. The molecule has 0 bridgehead atoms. The van der Waals surface area contributed by atoms with Crippen LogP contribution in [0.3, 0.4) is 0 Å². The summed E-state index contributed by atoms with van der Waals surface area (Å²) in [4.78, 5) is 11.6. The van der Waals surface area contributed by atoms with Gasteiger partial charge in [-0.2, -0.15) is 4.57 Å². The second-order valence-electron chi connectivity index (χ2n) is 4.40. The van der Waals surface area contributed by atoms with E-state index in [1.807, 2.05) is 65.5 Å². The van der Waals surface area contributed by atoms with Gasteiger partial charge in [0.1, 0.15) is 0 Å². The fourth-order valence-corrected chi connectivity index (χ4v) is 1.48. The number of aromatic nitrogens is 1. The molecule has 22 heavy (non-hydrogen) atoms. The molecule has 7 heteroatoms. The first kappa shape index (κ1) is 17.8. The van der Waals surface area contributed by atoms with Crippen molar-refractivity contribution >= 4 is 16.1 Å². The Bertz CT molecular complexity index is 664. The van der Waals surface area contributed by atoms with Gasteiger partial charge in [0, 0.05) is 18.4 Å². The van der Waals surface area contributed by atoms with E-state index in [4.69, 9.17) is 17.7 Å². The minimum absolute atomic E-state index is 0.215. The number of esters is 1. The molecule has 0 aliphatic heterocycles. The first-order valence-corrected chi connectivity index (χ1v) is 8.21. The topological polar surface area (TPSA) is 87.4 Å². The highest BCUT2D eigenvalue weighted by Gasteiger charge is 2.06. The Morgan fingerprint density at radius 2 is 1.59 bits per heavy atom. The van der Waals surface area contributed by atoms with Gasteiger partial charge in [-0.15, -0.1) is 0 Å². The summed E-state index contributed by atoms with van der Waals surface area (Å²) in [5.41, 5.74) is 0.968. The zero-order chi connectivity index (χ0) is 16.4. The summed E-state index contributed by atoms with van der Waals surface area (Å²) in [6.45, 7) is 0.256. The normalized spacial score (nSPS) is 10.3. The molecule has 0 spiro atoms. The molecule has 0 saturated carbocycles. The largest absolute Gasteiger partial charge is 0.748 e. The second-order valence-corrected chi connectivity index (χ2v) is 5.81. The Morgan fingerprint density at radius 1 is 1.09 bits per heavy atom. The highest BCUT2D eigenvalue weighted by atomic mass is 32.2. The molecule has 0 aliphatic carbocycles. The molecule has 1 aromatic carbocycles. The van der Waals surface area contributed by atoms with Crippen LogP contribution in [0.1, 0.15) is 5.56 Å². The number of carbonyl (C=O) groups excluding carboxylic acids is 1. The number of benzene rings is 1. The van der Waals surface area contributed by atoms with E-state index in [1.165, 1.54) is 0 Å². The Morgan fingerprint density at radius 3 is 2.14 bits per heavy atom. The zero-order valence-corrected chi connectivity index (χ0v) is 12.9.